The van der Waals surface area contributed by atoms with Gasteiger partial charge in [0.05, 0.1) is 0 Å². The molecule has 0 heterocycles. The molecular formula is CH6CuMgO4. The molecule has 1 radical (unpaired) electrons. The summed E-state index contributed by atoms with van der Waals surface area (Å²) in [5.41, 5.74) is 0. The number of carboxylic acid groups (broad SMARTS) is 2. The summed E-state index contributed by atoms with van der Waals surface area (Å²) in [6.45, 7) is 0. The van der Waals surface area contributed by atoms with Crippen LogP contribution >= 0.6 is 0 Å². The third kappa shape index (κ3) is 500. The molecule has 47 valence electrons. The van der Waals surface area contributed by atoms with E-state index in [1.165, 1.54) is 0 Å². The first-order chi connectivity index (χ1) is 1.73. The van der Waals surface area contributed by atoms with Gasteiger partial charge in [0.15, 0.2) is 0 Å². The fraction of sp³-hybridized carbons (Fsp3) is 0. The van der Waals surface area contributed by atoms with Gasteiger partial charge < -0.3 is 15.7 Å². The van der Waals surface area contributed by atoms with Crippen LogP contribution in [0.15, 0.2) is 0 Å². The van der Waals surface area contributed by atoms with Gasteiger partial charge in [-0.05, 0) is 0 Å². The van der Waals surface area contributed by atoms with Gasteiger partial charge in [0.25, 0.3) is 0 Å². The summed E-state index contributed by atoms with van der Waals surface area (Å²) < 4.78 is 0. The van der Waals surface area contributed by atoms with E-state index >= 15 is 0 Å². The summed E-state index contributed by atoms with van der Waals surface area (Å²) in [5.74, 6) is 0. The molecule has 7 heavy (non-hydrogen) atoms. The minimum atomic E-state index is -1.83. The molecule has 0 aromatic carbocycles. The third-order valence-corrected chi connectivity index (χ3v) is 0. The smallest absolute Gasteiger partial charge is 0.450 e. The van der Waals surface area contributed by atoms with Crippen LogP contribution in [0.2, 0.25) is 0 Å². The van der Waals surface area contributed by atoms with Crippen molar-refractivity contribution in [3.8, 4) is 0 Å². The average molecular weight is 170 g/mol. The largest absolute Gasteiger partial charge is 0.503 e. The Morgan fingerprint density at radius 3 is 1.29 bits per heavy atom. The molecule has 0 aliphatic carbocycles. The zero-order chi connectivity index (χ0) is 3.58. The number of hydrogen-bond acceptors (Lipinski definition) is 1. The van der Waals surface area contributed by atoms with E-state index in [0.29, 0.717) is 0 Å². The second kappa shape index (κ2) is 16.0. The Morgan fingerprint density at radius 1 is 1.29 bits per heavy atom. The first-order valence-electron chi connectivity index (χ1n) is 0.651. The van der Waals surface area contributed by atoms with Gasteiger partial charge in [-0.2, -0.15) is 0 Å². The van der Waals surface area contributed by atoms with Crippen LogP contribution in [-0.4, -0.2) is 44.9 Å². The summed E-state index contributed by atoms with van der Waals surface area (Å²) in [4.78, 5) is 8.56. The molecule has 6 heteroatoms. The van der Waals surface area contributed by atoms with Gasteiger partial charge in [0, 0.05) is 17.1 Å². The van der Waals surface area contributed by atoms with Crippen LogP contribution < -0.4 is 0 Å². The maximum Gasteiger partial charge on any atom is 0.503 e. The van der Waals surface area contributed by atoms with Crippen molar-refractivity contribution in [3.05, 3.63) is 0 Å². The van der Waals surface area contributed by atoms with Gasteiger partial charge in [-0.25, -0.2) is 4.79 Å². The Hall–Kier alpha value is 0.516. The SMILES string of the molecule is O.O=C(O)O.[Cu].[MgH2]. The maximum atomic E-state index is 8.56. The van der Waals surface area contributed by atoms with E-state index in [4.69, 9.17) is 15.0 Å². The van der Waals surface area contributed by atoms with Crippen molar-refractivity contribution in [2.75, 3.05) is 0 Å². The fourth-order valence-corrected chi connectivity index (χ4v) is 0. The summed E-state index contributed by atoms with van der Waals surface area (Å²) in [5, 5.41) is 13.9. The van der Waals surface area contributed by atoms with E-state index in [-0.39, 0.29) is 45.6 Å². The second-order valence-electron chi connectivity index (χ2n) is 0.283. The molecule has 0 rings (SSSR count). The van der Waals surface area contributed by atoms with E-state index < -0.39 is 6.16 Å². The van der Waals surface area contributed by atoms with Gasteiger partial charge in [-0.1, -0.05) is 0 Å². The van der Waals surface area contributed by atoms with Crippen molar-refractivity contribution in [1.82, 2.24) is 0 Å². The number of carbonyl (C=O) groups is 1. The number of rotatable bonds is 0. The van der Waals surface area contributed by atoms with E-state index in [1.54, 1.807) is 0 Å². The molecule has 0 saturated heterocycles. The van der Waals surface area contributed by atoms with E-state index in [1.807, 2.05) is 0 Å². The molecule has 0 aliphatic heterocycles. The molecule has 4 nitrogen and oxygen atoms in total. The van der Waals surface area contributed by atoms with Crippen LogP contribution in [0.3, 0.4) is 0 Å². The van der Waals surface area contributed by atoms with Crippen molar-refractivity contribution in [2.45, 2.75) is 0 Å². The van der Waals surface area contributed by atoms with Crippen LogP contribution in [0.1, 0.15) is 0 Å². The van der Waals surface area contributed by atoms with Gasteiger partial charge >= 0.3 is 29.2 Å². The monoisotopic (exact) mass is 169 g/mol. The topological polar surface area (TPSA) is 89.0 Å². The Balaban J connectivity index is -0.0000000150. The Kier molecular flexibility index (Phi) is 59.1. The molecule has 0 aromatic rings. The van der Waals surface area contributed by atoms with Crippen LogP contribution in [0.25, 0.3) is 0 Å². The normalized spacial score (nSPS) is 3.43. The molecular weight excluding hydrogens is 164 g/mol. The van der Waals surface area contributed by atoms with Gasteiger partial charge in [-0.3, -0.25) is 0 Å². The Morgan fingerprint density at radius 2 is 1.29 bits per heavy atom. The van der Waals surface area contributed by atoms with Gasteiger partial charge in [-0.15, -0.1) is 0 Å². The third-order valence-electron chi connectivity index (χ3n) is 0. The van der Waals surface area contributed by atoms with E-state index in [2.05, 4.69) is 0 Å². The first-order valence-corrected chi connectivity index (χ1v) is 0.651. The van der Waals surface area contributed by atoms with Crippen LogP contribution in [0, 0.1) is 0 Å². The first kappa shape index (κ1) is 25.8. The predicted molar refractivity (Wildman–Crippen MR) is 22.8 cm³/mol. The zero-order valence-electron chi connectivity index (χ0n) is 2.60. The summed E-state index contributed by atoms with van der Waals surface area (Å²) in [7, 11) is 0. The van der Waals surface area contributed by atoms with Crippen molar-refractivity contribution in [1.29, 1.82) is 0 Å². The summed E-state index contributed by atoms with van der Waals surface area (Å²) >= 11 is 0. The molecule has 0 atom stereocenters. The quantitative estimate of drug-likeness (QED) is 0.432. The molecule has 0 spiro atoms. The van der Waals surface area contributed by atoms with E-state index in [9.17, 15) is 0 Å². The number of hydrogen-bond donors (Lipinski definition) is 2. The molecule has 0 fully saturated rings. The van der Waals surface area contributed by atoms with Crippen LogP contribution in [0.4, 0.5) is 4.79 Å². The molecule has 4 N–H and O–H groups in total. The molecule has 0 saturated carbocycles. The molecule has 0 amide bonds. The fourth-order valence-electron chi connectivity index (χ4n) is 0. The van der Waals surface area contributed by atoms with Crippen LogP contribution in [0.5, 0.6) is 0 Å². The Bertz CT molecular complexity index is 34.7. The summed E-state index contributed by atoms with van der Waals surface area (Å²) in [6.07, 6.45) is -1.83. The Labute approximate surface area is 66.8 Å². The van der Waals surface area contributed by atoms with Crippen LogP contribution in [-0.2, 0) is 17.1 Å². The van der Waals surface area contributed by atoms with Crippen molar-refractivity contribution in [2.24, 2.45) is 0 Å². The van der Waals surface area contributed by atoms with E-state index in [0.717, 1.165) is 0 Å². The van der Waals surface area contributed by atoms with Gasteiger partial charge in [0.2, 0.25) is 0 Å². The maximum absolute atomic E-state index is 8.56. The zero-order valence-corrected chi connectivity index (χ0v) is 3.55. The average Bonchev–Trinajstić information content (AvgIpc) is 0.811. The second-order valence-corrected chi connectivity index (χ2v) is 0.283. The van der Waals surface area contributed by atoms with Crippen molar-refractivity contribution in [3.63, 3.8) is 0 Å². The minimum absolute atomic E-state index is 0. The standard InChI is InChI=1S/CH2O3.Cu.Mg.H2O.2H/c2-1(3)4;;;;;/h(H2,2,3,4);;;1H2;;. The predicted octanol–water partition coefficient (Wildman–Crippen LogP) is -1.52. The minimum Gasteiger partial charge on any atom is -0.450 e. The molecule has 0 aliphatic rings. The summed E-state index contributed by atoms with van der Waals surface area (Å²) in [6, 6.07) is 0. The van der Waals surface area contributed by atoms with Crippen molar-refractivity contribution >= 4 is 29.2 Å². The van der Waals surface area contributed by atoms with Gasteiger partial charge in [0.1, 0.15) is 0 Å². The molecule has 0 unspecified atom stereocenters. The molecule has 0 bridgehead atoms. The molecule has 0 aromatic heterocycles. The van der Waals surface area contributed by atoms with Crippen molar-refractivity contribution < 1.29 is 37.6 Å².